The van der Waals surface area contributed by atoms with Crippen LogP contribution in [0.4, 0.5) is 4.79 Å². The standard InChI is InChI=1S/C14H24N2O4/c1-14(12(17)18)7-3-4-8-16(14)13(19)15(9-10-20-2)11-5-6-11/h11H,3-10H2,1-2H3,(H,17,18). The van der Waals surface area contributed by atoms with Crippen LogP contribution in [0, 0.1) is 0 Å². The van der Waals surface area contributed by atoms with Gasteiger partial charge < -0.3 is 19.6 Å². The molecular weight excluding hydrogens is 260 g/mol. The molecule has 1 N–H and O–H groups in total. The van der Waals surface area contributed by atoms with Gasteiger partial charge in [0.15, 0.2) is 0 Å². The number of amides is 2. The summed E-state index contributed by atoms with van der Waals surface area (Å²) in [4.78, 5) is 27.7. The molecule has 0 aromatic heterocycles. The molecule has 2 fully saturated rings. The third-order valence-electron chi connectivity index (χ3n) is 4.35. The van der Waals surface area contributed by atoms with Crippen molar-refractivity contribution in [2.75, 3.05) is 26.8 Å². The van der Waals surface area contributed by atoms with E-state index in [1.807, 2.05) is 0 Å². The summed E-state index contributed by atoms with van der Waals surface area (Å²) in [6, 6.07) is 0.117. The van der Waals surface area contributed by atoms with Gasteiger partial charge in [-0.3, -0.25) is 0 Å². The summed E-state index contributed by atoms with van der Waals surface area (Å²) in [5, 5.41) is 9.49. The second-order valence-corrected chi connectivity index (χ2v) is 5.89. The molecule has 0 aromatic rings. The van der Waals surface area contributed by atoms with Crippen LogP contribution in [-0.4, -0.2) is 65.3 Å². The highest BCUT2D eigenvalue weighted by atomic mass is 16.5. The number of hydrogen-bond donors (Lipinski definition) is 1. The Morgan fingerprint density at radius 3 is 2.65 bits per heavy atom. The Morgan fingerprint density at radius 1 is 1.40 bits per heavy atom. The lowest BCUT2D eigenvalue weighted by atomic mass is 9.89. The van der Waals surface area contributed by atoms with Gasteiger partial charge in [-0.2, -0.15) is 0 Å². The van der Waals surface area contributed by atoms with E-state index >= 15 is 0 Å². The highest BCUT2D eigenvalue weighted by Crippen LogP contribution is 2.33. The van der Waals surface area contributed by atoms with Crippen molar-refractivity contribution >= 4 is 12.0 Å². The van der Waals surface area contributed by atoms with Gasteiger partial charge in [0, 0.05) is 26.2 Å². The predicted octanol–water partition coefficient (Wildman–Crippen LogP) is 1.55. The predicted molar refractivity (Wildman–Crippen MR) is 73.6 cm³/mol. The van der Waals surface area contributed by atoms with Gasteiger partial charge in [-0.05, 0) is 39.0 Å². The lowest BCUT2D eigenvalue weighted by Crippen LogP contribution is -2.61. The molecule has 1 aliphatic heterocycles. The Kier molecular flexibility index (Phi) is 4.52. The van der Waals surface area contributed by atoms with Crippen molar-refractivity contribution in [2.45, 2.75) is 50.6 Å². The summed E-state index contributed by atoms with van der Waals surface area (Å²) in [5.74, 6) is -0.909. The minimum atomic E-state index is -1.07. The molecule has 2 rings (SSSR count). The molecule has 1 unspecified atom stereocenters. The molecule has 20 heavy (non-hydrogen) atoms. The van der Waals surface area contributed by atoms with Crippen LogP contribution in [0.2, 0.25) is 0 Å². The first-order valence-corrected chi connectivity index (χ1v) is 7.31. The number of carboxylic acid groups (broad SMARTS) is 1. The van der Waals surface area contributed by atoms with E-state index in [-0.39, 0.29) is 12.1 Å². The van der Waals surface area contributed by atoms with Crippen molar-refractivity contribution in [3.8, 4) is 0 Å². The minimum absolute atomic E-state index is 0.144. The molecule has 6 nitrogen and oxygen atoms in total. The Bertz CT molecular complexity index is 383. The van der Waals surface area contributed by atoms with Gasteiger partial charge in [0.05, 0.1) is 6.61 Å². The van der Waals surface area contributed by atoms with Crippen LogP contribution in [0.5, 0.6) is 0 Å². The van der Waals surface area contributed by atoms with Crippen LogP contribution in [-0.2, 0) is 9.53 Å². The summed E-state index contributed by atoms with van der Waals surface area (Å²) < 4.78 is 5.06. The van der Waals surface area contributed by atoms with E-state index in [0.717, 1.165) is 25.7 Å². The van der Waals surface area contributed by atoms with Crippen LogP contribution in [0.1, 0.15) is 39.0 Å². The molecule has 0 aromatic carbocycles. The van der Waals surface area contributed by atoms with Gasteiger partial charge in [-0.25, -0.2) is 9.59 Å². The summed E-state index contributed by atoms with van der Waals surface area (Å²) in [6.07, 6.45) is 4.27. The molecule has 1 heterocycles. The first kappa shape index (κ1) is 15.1. The molecule has 6 heteroatoms. The number of rotatable bonds is 5. The Labute approximate surface area is 119 Å². The van der Waals surface area contributed by atoms with Crippen LogP contribution >= 0.6 is 0 Å². The largest absolute Gasteiger partial charge is 0.480 e. The normalized spacial score (nSPS) is 26.4. The zero-order valence-electron chi connectivity index (χ0n) is 12.3. The monoisotopic (exact) mass is 284 g/mol. The third kappa shape index (κ3) is 2.90. The molecule has 1 atom stereocenters. The number of carbonyl (C=O) groups is 2. The Hall–Kier alpha value is -1.30. The van der Waals surface area contributed by atoms with E-state index in [4.69, 9.17) is 4.74 Å². The first-order chi connectivity index (χ1) is 9.50. The molecule has 2 amide bonds. The van der Waals surface area contributed by atoms with Crippen molar-refractivity contribution < 1.29 is 19.4 Å². The summed E-state index contributed by atoms with van der Waals surface area (Å²) >= 11 is 0. The zero-order valence-corrected chi connectivity index (χ0v) is 12.3. The molecular formula is C14H24N2O4. The van der Waals surface area contributed by atoms with E-state index in [1.54, 1.807) is 23.8 Å². The quantitative estimate of drug-likeness (QED) is 0.831. The van der Waals surface area contributed by atoms with Crippen molar-refractivity contribution in [3.05, 3.63) is 0 Å². The van der Waals surface area contributed by atoms with Crippen LogP contribution in [0.3, 0.4) is 0 Å². The number of nitrogens with zero attached hydrogens (tertiary/aromatic N) is 2. The smallest absolute Gasteiger partial charge is 0.329 e. The van der Waals surface area contributed by atoms with Gasteiger partial charge in [-0.15, -0.1) is 0 Å². The average molecular weight is 284 g/mol. The number of piperidine rings is 1. The number of carbonyl (C=O) groups excluding carboxylic acids is 1. The maximum Gasteiger partial charge on any atom is 0.329 e. The molecule has 1 saturated heterocycles. The van der Waals surface area contributed by atoms with Crippen molar-refractivity contribution in [2.24, 2.45) is 0 Å². The number of likely N-dealkylation sites (tertiary alicyclic amines) is 1. The zero-order chi connectivity index (χ0) is 14.8. The Morgan fingerprint density at radius 2 is 2.10 bits per heavy atom. The van der Waals surface area contributed by atoms with Crippen molar-refractivity contribution in [1.29, 1.82) is 0 Å². The van der Waals surface area contributed by atoms with E-state index in [0.29, 0.717) is 26.1 Å². The topological polar surface area (TPSA) is 70.1 Å². The lowest BCUT2D eigenvalue weighted by Gasteiger charge is -2.43. The van der Waals surface area contributed by atoms with Gasteiger partial charge in [0.25, 0.3) is 0 Å². The maximum atomic E-state index is 12.7. The number of methoxy groups -OCH3 is 1. The van der Waals surface area contributed by atoms with Gasteiger partial charge in [0.1, 0.15) is 5.54 Å². The number of hydrogen-bond acceptors (Lipinski definition) is 3. The number of aliphatic carboxylic acids is 1. The van der Waals surface area contributed by atoms with E-state index in [9.17, 15) is 14.7 Å². The second-order valence-electron chi connectivity index (χ2n) is 5.89. The minimum Gasteiger partial charge on any atom is -0.480 e. The fourth-order valence-electron chi connectivity index (χ4n) is 2.82. The number of carboxylic acids is 1. The molecule has 0 bridgehead atoms. The average Bonchev–Trinajstić information content (AvgIpc) is 3.24. The van der Waals surface area contributed by atoms with Gasteiger partial charge in [-0.1, -0.05) is 0 Å². The fraction of sp³-hybridized carbons (Fsp3) is 0.857. The number of ether oxygens (including phenoxy) is 1. The molecule has 1 aliphatic carbocycles. The third-order valence-corrected chi connectivity index (χ3v) is 4.35. The van der Waals surface area contributed by atoms with Crippen LogP contribution in [0.25, 0.3) is 0 Å². The molecule has 114 valence electrons. The maximum absolute atomic E-state index is 12.7. The van der Waals surface area contributed by atoms with Crippen molar-refractivity contribution in [3.63, 3.8) is 0 Å². The highest BCUT2D eigenvalue weighted by molar-refractivity contribution is 5.86. The van der Waals surface area contributed by atoms with E-state index in [2.05, 4.69) is 0 Å². The molecule has 0 radical (unpaired) electrons. The van der Waals surface area contributed by atoms with Gasteiger partial charge in [0.2, 0.25) is 0 Å². The second kappa shape index (κ2) is 5.99. The summed E-state index contributed by atoms with van der Waals surface area (Å²) in [6.45, 7) is 3.21. The fourth-order valence-corrected chi connectivity index (χ4v) is 2.82. The lowest BCUT2D eigenvalue weighted by molar-refractivity contribution is -0.150. The van der Waals surface area contributed by atoms with Gasteiger partial charge >= 0.3 is 12.0 Å². The SMILES string of the molecule is COCCN(C(=O)N1CCCCC1(C)C(=O)O)C1CC1. The van der Waals surface area contributed by atoms with Crippen molar-refractivity contribution in [1.82, 2.24) is 9.80 Å². The summed E-state index contributed by atoms with van der Waals surface area (Å²) in [7, 11) is 1.61. The highest BCUT2D eigenvalue weighted by Gasteiger charge is 2.47. The first-order valence-electron chi connectivity index (χ1n) is 7.31. The molecule has 2 aliphatic rings. The number of urea groups is 1. The summed E-state index contributed by atoms with van der Waals surface area (Å²) in [5.41, 5.74) is -1.07. The van der Waals surface area contributed by atoms with Crippen LogP contribution < -0.4 is 0 Å². The molecule has 0 spiro atoms. The van der Waals surface area contributed by atoms with E-state index < -0.39 is 11.5 Å². The van der Waals surface area contributed by atoms with E-state index in [1.165, 1.54) is 0 Å². The Balaban J connectivity index is 2.13. The van der Waals surface area contributed by atoms with Crippen LogP contribution in [0.15, 0.2) is 0 Å². The molecule has 1 saturated carbocycles.